The minimum Gasteiger partial charge on any atom is -0.494 e. The van der Waals surface area contributed by atoms with Crippen molar-refractivity contribution in [2.75, 3.05) is 30.3 Å². The van der Waals surface area contributed by atoms with E-state index in [0.717, 1.165) is 54.3 Å². The SMILES string of the molecule is CC1CN(Cc2ccccc2NC(=O)CCCOc2ccc3c(c2)CCC(=O)N3)CC(C)O1. The van der Waals surface area contributed by atoms with Gasteiger partial charge in [0.25, 0.3) is 0 Å². The Morgan fingerprint density at radius 1 is 1.15 bits per heavy atom. The van der Waals surface area contributed by atoms with Gasteiger partial charge in [0.2, 0.25) is 11.8 Å². The van der Waals surface area contributed by atoms with Crippen molar-refractivity contribution in [2.24, 2.45) is 0 Å². The third-order valence-corrected chi connectivity index (χ3v) is 5.97. The number of rotatable bonds is 8. The third-order valence-electron chi connectivity index (χ3n) is 5.97. The molecule has 0 saturated carbocycles. The first-order valence-electron chi connectivity index (χ1n) is 11.8. The molecular formula is C26H33N3O4. The molecule has 0 spiro atoms. The summed E-state index contributed by atoms with van der Waals surface area (Å²) in [5.74, 6) is 0.811. The number of anilines is 2. The van der Waals surface area contributed by atoms with Crippen LogP contribution in [0.2, 0.25) is 0 Å². The minimum atomic E-state index is -0.0112. The number of nitrogens with one attached hydrogen (secondary N) is 2. The van der Waals surface area contributed by atoms with Gasteiger partial charge in [-0.3, -0.25) is 14.5 Å². The second-order valence-electron chi connectivity index (χ2n) is 8.98. The maximum absolute atomic E-state index is 12.6. The molecule has 2 N–H and O–H groups in total. The van der Waals surface area contributed by atoms with E-state index >= 15 is 0 Å². The van der Waals surface area contributed by atoms with Crippen LogP contribution in [0.1, 0.15) is 44.2 Å². The van der Waals surface area contributed by atoms with Crippen molar-refractivity contribution in [3.8, 4) is 5.75 Å². The third kappa shape index (κ3) is 6.55. The average molecular weight is 452 g/mol. The van der Waals surface area contributed by atoms with Gasteiger partial charge in [-0.15, -0.1) is 0 Å². The van der Waals surface area contributed by atoms with Crippen molar-refractivity contribution >= 4 is 23.2 Å². The van der Waals surface area contributed by atoms with Gasteiger partial charge in [-0.25, -0.2) is 0 Å². The van der Waals surface area contributed by atoms with E-state index in [0.29, 0.717) is 25.9 Å². The summed E-state index contributed by atoms with van der Waals surface area (Å²) < 4.78 is 11.7. The van der Waals surface area contributed by atoms with Crippen molar-refractivity contribution < 1.29 is 19.1 Å². The van der Waals surface area contributed by atoms with Gasteiger partial charge in [0.1, 0.15) is 5.75 Å². The zero-order chi connectivity index (χ0) is 23.2. The second kappa shape index (κ2) is 10.8. The maximum atomic E-state index is 12.6. The Hall–Kier alpha value is -2.90. The zero-order valence-corrected chi connectivity index (χ0v) is 19.4. The number of amides is 2. The first kappa shape index (κ1) is 23.3. The van der Waals surface area contributed by atoms with Gasteiger partial charge in [0.05, 0.1) is 18.8 Å². The highest BCUT2D eigenvalue weighted by Gasteiger charge is 2.23. The van der Waals surface area contributed by atoms with Gasteiger partial charge in [-0.05, 0) is 62.1 Å². The Bertz CT molecular complexity index is 983. The van der Waals surface area contributed by atoms with Crippen LogP contribution in [0.4, 0.5) is 11.4 Å². The van der Waals surface area contributed by atoms with Crippen molar-refractivity contribution in [1.82, 2.24) is 4.90 Å². The number of nitrogens with zero attached hydrogens (tertiary/aromatic N) is 1. The van der Waals surface area contributed by atoms with E-state index in [1.807, 2.05) is 36.4 Å². The van der Waals surface area contributed by atoms with Crippen LogP contribution >= 0.6 is 0 Å². The highest BCUT2D eigenvalue weighted by molar-refractivity contribution is 5.94. The van der Waals surface area contributed by atoms with Gasteiger partial charge >= 0.3 is 0 Å². The molecule has 0 aliphatic carbocycles. The highest BCUT2D eigenvalue weighted by Crippen LogP contribution is 2.27. The number of fused-ring (bicyclic) bond motifs is 1. The topological polar surface area (TPSA) is 79.9 Å². The Balaban J connectivity index is 1.24. The van der Waals surface area contributed by atoms with Crippen molar-refractivity contribution in [1.29, 1.82) is 0 Å². The van der Waals surface area contributed by atoms with Gasteiger partial charge in [0, 0.05) is 43.9 Å². The molecule has 176 valence electrons. The summed E-state index contributed by atoms with van der Waals surface area (Å²) >= 11 is 0. The summed E-state index contributed by atoms with van der Waals surface area (Å²) in [5, 5.41) is 5.94. The normalized spacial score (nSPS) is 20.6. The van der Waals surface area contributed by atoms with E-state index in [2.05, 4.69) is 35.4 Å². The van der Waals surface area contributed by atoms with E-state index in [1.165, 1.54) is 0 Å². The first-order chi connectivity index (χ1) is 16.0. The van der Waals surface area contributed by atoms with Crippen LogP contribution in [0.25, 0.3) is 0 Å². The molecular weight excluding hydrogens is 418 g/mol. The smallest absolute Gasteiger partial charge is 0.224 e. The van der Waals surface area contributed by atoms with Crippen LogP contribution < -0.4 is 15.4 Å². The number of morpholine rings is 1. The molecule has 1 fully saturated rings. The monoisotopic (exact) mass is 451 g/mol. The van der Waals surface area contributed by atoms with Gasteiger partial charge in [-0.1, -0.05) is 18.2 Å². The molecule has 7 nitrogen and oxygen atoms in total. The summed E-state index contributed by atoms with van der Waals surface area (Å²) in [6, 6.07) is 13.7. The molecule has 2 aromatic rings. The number of carbonyl (C=O) groups excluding carboxylic acids is 2. The highest BCUT2D eigenvalue weighted by atomic mass is 16.5. The van der Waals surface area contributed by atoms with Crippen LogP contribution in [0.5, 0.6) is 5.75 Å². The van der Waals surface area contributed by atoms with Crippen molar-refractivity contribution in [2.45, 2.75) is 58.3 Å². The van der Waals surface area contributed by atoms with Gasteiger partial charge in [-0.2, -0.15) is 0 Å². The standard InChI is InChI=1S/C26H33N3O4/c1-18-15-29(16-19(2)33-18)17-21-6-3-4-7-23(21)27-25(30)8-5-13-32-22-10-11-24-20(14-22)9-12-26(31)28-24/h3-4,6-7,10-11,14,18-19H,5,8-9,12-13,15-17H2,1-2H3,(H,27,30)(H,28,31). The molecule has 2 unspecified atom stereocenters. The van der Waals surface area contributed by atoms with Gasteiger partial charge in [0.15, 0.2) is 0 Å². The largest absolute Gasteiger partial charge is 0.494 e. The van der Waals surface area contributed by atoms with Crippen LogP contribution in [0, 0.1) is 0 Å². The van der Waals surface area contributed by atoms with Crippen LogP contribution in [0.15, 0.2) is 42.5 Å². The number of benzene rings is 2. The fraction of sp³-hybridized carbons (Fsp3) is 0.462. The molecule has 4 rings (SSSR count). The zero-order valence-electron chi connectivity index (χ0n) is 19.4. The van der Waals surface area contributed by atoms with E-state index in [-0.39, 0.29) is 24.0 Å². The summed E-state index contributed by atoms with van der Waals surface area (Å²) in [6.45, 7) is 7.22. The Labute approximate surface area is 195 Å². The van der Waals surface area contributed by atoms with E-state index in [9.17, 15) is 9.59 Å². The molecule has 33 heavy (non-hydrogen) atoms. The number of ether oxygens (including phenoxy) is 2. The lowest BCUT2D eigenvalue weighted by atomic mass is 10.0. The molecule has 2 heterocycles. The molecule has 1 saturated heterocycles. The summed E-state index contributed by atoms with van der Waals surface area (Å²) in [5.41, 5.74) is 3.93. The average Bonchev–Trinajstić information content (AvgIpc) is 2.77. The molecule has 2 aliphatic heterocycles. The fourth-order valence-electron chi connectivity index (χ4n) is 4.52. The molecule has 2 amide bonds. The number of carbonyl (C=O) groups is 2. The second-order valence-corrected chi connectivity index (χ2v) is 8.98. The lowest BCUT2D eigenvalue weighted by molar-refractivity contribution is -0.117. The number of para-hydroxylation sites is 1. The van der Waals surface area contributed by atoms with E-state index in [1.54, 1.807) is 0 Å². The Morgan fingerprint density at radius 2 is 1.94 bits per heavy atom. The number of hydrogen-bond acceptors (Lipinski definition) is 5. The number of aryl methyl sites for hydroxylation is 1. The maximum Gasteiger partial charge on any atom is 0.224 e. The molecule has 2 aromatic carbocycles. The molecule has 2 atom stereocenters. The van der Waals surface area contributed by atoms with E-state index < -0.39 is 0 Å². The molecule has 0 radical (unpaired) electrons. The lowest BCUT2D eigenvalue weighted by Crippen LogP contribution is -2.44. The first-order valence-corrected chi connectivity index (χ1v) is 11.8. The predicted octanol–water partition coefficient (Wildman–Crippen LogP) is 3.98. The summed E-state index contributed by atoms with van der Waals surface area (Å²) in [6.07, 6.45) is 2.67. The van der Waals surface area contributed by atoms with Gasteiger partial charge < -0.3 is 20.1 Å². The molecule has 2 aliphatic rings. The van der Waals surface area contributed by atoms with Crippen molar-refractivity contribution in [3.05, 3.63) is 53.6 Å². The lowest BCUT2D eigenvalue weighted by Gasteiger charge is -2.35. The van der Waals surface area contributed by atoms with Crippen molar-refractivity contribution in [3.63, 3.8) is 0 Å². The van der Waals surface area contributed by atoms with Crippen LogP contribution in [0.3, 0.4) is 0 Å². The Kier molecular flexibility index (Phi) is 7.62. The predicted molar refractivity (Wildman–Crippen MR) is 128 cm³/mol. The number of hydrogen-bond donors (Lipinski definition) is 2. The quantitative estimate of drug-likeness (QED) is 0.594. The molecule has 7 heteroatoms. The van der Waals surface area contributed by atoms with Crippen LogP contribution in [-0.4, -0.2) is 48.6 Å². The summed E-state index contributed by atoms with van der Waals surface area (Å²) in [4.78, 5) is 26.4. The summed E-state index contributed by atoms with van der Waals surface area (Å²) in [7, 11) is 0. The molecule has 0 bridgehead atoms. The molecule has 0 aromatic heterocycles. The fourth-order valence-corrected chi connectivity index (χ4v) is 4.52. The van der Waals surface area contributed by atoms with E-state index in [4.69, 9.17) is 9.47 Å². The Morgan fingerprint density at radius 3 is 2.76 bits per heavy atom. The minimum absolute atomic E-state index is 0.0112. The van der Waals surface area contributed by atoms with Crippen LogP contribution in [-0.2, 0) is 27.3 Å².